The average Bonchev–Trinajstić information content (AvgIpc) is 2.87. The van der Waals surface area contributed by atoms with Gasteiger partial charge < -0.3 is 18.9 Å². The van der Waals surface area contributed by atoms with Crippen LogP contribution in [0.3, 0.4) is 0 Å². The smallest absolute Gasteiger partial charge is 0.335 e. The van der Waals surface area contributed by atoms with Gasteiger partial charge in [0.15, 0.2) is 6.10 Å². The maximum atomic E-state index is 12.1. The summed E-state index contributed by atoms with van der Waals surface area (Å²) in [6.07, 6.45) is 3.95. The zero-order valence-electron chi connectivity index (χ0n) is 20.4. The first-order valence-corrected chi connectivity index (χ1v) is 12.2. The standard InChI is InChI=1S/C30H32O5/c1-3-32-29(30(31)33-4-2)20-23-18-16-22(17-19-23)10-9-13-24-25-11-5-7-14-27(25)34-21-35-28-15-8-6-12-26(24)28/h5-8,11-19,29H,3-4,9-10,20-21H2,1-2H3. The van der Waals surface area contributed by atoms with Gasteiger partial charge >= 0.3 is 5.97 Å². The Morgan fingerprint density at radius 3 is 2.06 bits per heavy atom. The van der Waals surface area contributed by atoms with Gasteiger partial charge in [0.1, 0.15) is 11.5 Å². The Morgan fingerprint density at radius 2 is 1.46 bits per heavy atom. The highest BCUT2D eigenvalue weighted by Crippen LogP contribution is 2.37. The molecule has 1 atom stereocenters. The predicted molar refractivity (Wildman–Crippen MR) is 137 cm³/mol. The van der Waals surface area contributed by atoms with Crippen LogP contribution in [0.5, 0.6) is 11.5 Å². The molecule has 3 aromatic carbocycles. The fourth-order valence-corrected chi connectivity index (χ4v) is 4.24. The molecule has 182 valence electrons. The van der Waals surface area contributed by atoms with Crippen molar-refractivity contribution in [1.29, 1.82) is 0 Å². The number of hydrogen-bond acceptors (Lipinski definition) is 5. The summed E-state index contributed by atoms with van der Waals surface area (Å²) in [5.74, 6) is 1.34. The first-order valence-electron chi connectivity index (χ1n) is 12.2. The van der Waals surface area contributed by atoms with Crippen molar-refractivity contribution in [2.75, 3.05) is 20.0 Å². The van der Waals surface area contributed by atoms with Crippen molar-refractivity contribution in [2.45, 2.75) is 39.2 Å². The third-order valence-electron chi connectivity index (χ3n) is 5.93. The van der Waals surface area contributed by atoms with Crippen molar-refractivity contribution in [3.05, 3.63) is 101 Å². The van der Waals surface area contributed by atoms with Gasteiger partial charge in [0.2, 0.25) is 6.79 Å². The van der Waals surface area contributed by atoms with Crippen LogP contribution in [0.2, 0.25) is 0 Å². The zero-order chi connectivity index (χ0) is 24.5. The van der Waals surface area contributed by atoms with Crippen LogP contribution < -0.4 is 9.47 Å². The lowest BCUT2D eigenvalue weighted by Crippen LogP contribution is -2.28. The number of benzene rings is 3. The summed E-state index contributed by atoms with van der Waals surface area (Å²) in [7, 11) is 0. The van der Waals surface area contributed by atoms with E-state index in [-0.39, 0.29) is 12.8 Å². The summed E-state index contributed by atoms with van der Waals surface area (Å²) in [6, 6.07) is 24.5. The molecule has 0 radical (unpaired) electrons. The van der Waals surface area contributed by atoms with Gasteiger partial charge in [-0.05, 0) is 55.5 Å². The van der Waals surface area contributed by atoms with Crippen molar-refractivity contribution in [1.82, 2.24) is 0 Å². The number of allylic oxidation sites excluding steroid dienone is 1. The molecule has 0 saturated carbocycles. The van der Waals surface area contributed by atoms with Crippen LogP contribution in [0.1, 0.15) is 42.5 Å². The minimum absolute atomic E-state index is 0.188. The van der Waals surface area contributed by atoms with Gasteiger partial charge in [0.25, 0.3) is 0 Å². The van der Waals surface area contributed by atoms with E-state index >= 15 is 0 Å². The number of esters is 1. The van der Waals surface area contributed by atoms with Gasteiger partial charge in [-0.3, -0.25) is 0 Å². The van der Waals surface area contributed by atoms with E-state index in [0.29, 0.717) is 19.6 Å². The maximum Gasteiger partial charge on any atom is 0.335 e. The van der Waals surface area contributed by atoms with Crippen LogP contribution in [0.15, 0.2) is 78.9 Å². The van der Waals surface area contributed by atoms with Gasteiger partial charge in [0, 0.05) is 24.2 Å². The second kappa shape index (κ2) is 12.2. The summed E-state index contributed by atoms with van der Waals surface area (Å²) >= 11 is 0. The highest BCUT2D eigenvalue weighted by Gasteiger charge is 2.20. The van der Waals surface area contributed by atoms with Crippen LogP contribution >= 0.6 is 0 Å². The molecule has 5 nitrogen and oxygen atoms in total. The number of carbonyl (C=O) groups excluding carboxylic acids is 1. The molecule has 0 amide bonds. The van der Waals surface area contributed by atoms with Crippen molar-refractivity contribution >= 4 is 11.5 Å². The minimum Gasteiger partial charge on any atom is -0.464 e. The van der Waals surface area contributed by atoms with Gasteiger partial charge in [-0.1, -0.05) is 66.7 Å². The molecular formula is C30H32O5. The second-order valence-electron chi connectivity index (χ2n) is 8.27. The Bertz CT molecular complexity index is 1100. The summed E-state index contributed by atoms with van der Waals surface area (Å²) in [6.45, 7) is 4.70. The largest absolute Gasteiger partial charge is 0.464 e. The molecule has 1 aliphatic heterocycles. The quantitative estimate of drug-likeness (QED) is 0.358. The van der Waals surface area contributed by atoms with Crippen molar-refractivity contribution < 1.29 is 23.7 Å². The van der Waals surface area contributed by atoms with Crippen LogP contribution in [-0.4, -0.2) is 32.1 Å². The number of para-hydroxylation sites is 2. The number of ether oxygens (including phenoxy) is 4. The monoisotopic (exact) mass is 472 g/mol. The molecule has 0 aliphatic carbocycles. The van der Waals surface area contributed by atoms with Crippen LogP contribution in [0.4, 0.5) is 0 Å². The Hall–Kier alpha value is -3.57. The topological polar surface area (TPSA) is 54.0 Å². The molecule has 1 aliphatic rings. The zero-order valence-corrected chi connectivity index (χ0v) is 20.4. The fourth-order valence-electron chi connectivity index (χ4n) is 4.24. The molecule has 0 saturated heterocycles. The number of fused-ring (bicyclic) bond motifs is 2. The van der Waals surface area contributed by atoms with Crippen LogP contribution in [-0.2, 0) is 27.1 Å². The second-order valence-corrected chi connectivity index (χ2v) is 8.27. The van der Waals surface area contributed by atoms with Crippen LogP contribution in [0, 0.1) is 0 Å². The molecule has 1 unspecified atom stereocenters. The minimum atomic E-state index is -0.570. The summed E-state index contributed by atoms with van der Waals surface area (Å²) in [4.78, 5) is 12.1. The Balaban J connectivity index is 1.48. The van der Waals surface area contributed by atoms with Gasteiger partial charge in [-0.2, -0.15) is 0 Å². The molecule has 4 rings (SSSR count). The van der Waals surface area contributed by atoms with E-state index in [2.05, 4.69) is 42.5 Å². The molecule has 1 heterocycles. The lowest BCUT2D eigenvalue weighted by atomic mass is 9.94. The van der Waals surface area contributed by atoms with E-state index in [0.717, 1.165) is 46.6 Å². The molecule has 5 heteroatoms. The SMILES string of the molecule is CCOC(=O)C(Cc1ccc(CCC=C2c3ccccc3OCOc3ccccc32)cc1)OCC. The number of aryl methyl sites for hydroxylation is 1. The van der Waals surface area contributed by atoms with Crippen molar-refractivity contribution in [2.24, 2.45) is 0 Å². The third-order valence-corrected chi connectivity index (χ3v) is 5.93. The predicted octanol–water partition coefficient (Wildman–Crippen LogP) is 5.99. The Morgan fingerprint density at radius 1 is 0.857 bits per heavy atom. The number of rotatable bonds is 9. The first kappa shape index (κ1) is 24.6. The van der Waals surface area contributed by atoms with Crippen LogP contribution in [0.25, 0.3) is 5.57 Å². The van der Waals surface area contributed by atoms with E-state index in [1.807, 2.05) is 43.3 Å². The van der Waals surface area contributed by atoms with E-state index in [4.69, 9.17) is 18.9 Å². The number of carbonyl (C=O) groups is 1. The average molecular weight is 473 g/mol. The molecule has 0 spiro atoms. The van der Waals surface area contributed by atoms with E-state index < -0.39 is 6.10 Å². The highest BCUT2D eigenvalue weighted by molar-refractivity contribution is 5.85. The third kappa shape index (κ3) is 6.31. The summed E-state index contributed by atoms with van der Waals surface area (Å²) in [5, 5.41) is 0. The fraction of sp³-hybridized carbons (Fsp3) is 0.300. The lowest BCUT2D eigenvalue weighted by Gasteiger charge is -2.21. The van der Waals surface area contributed by atoms with Crippen molar-refractivity contribution in [3.8, 4) is 11.5 Å². The van der Waals surface area contributed by atoms with Gasteiger partial charge in [-0.25, -0.2) is 4.79 Å². The highest BCUT2D eigenvalue weighted by atomic mass is 16.7. The van der Waals surface area contributed by atoms with E-state index in [9.17, 15) is 4.79 Å². The molecule has 0 N–H and O–H groups in total. The molecular weight excluding hydrogens is 440 g/mol. The Kier molecular flexibility index (Phi) is 8.58. The summed E-state index contributed by atoms with van der Waals surface area (Å²) in [5.41, 5.74) is 5.53. The number of hydrogen-bond donors (Lipinski definition) is 0. The van der Waals surface area contributed by atoms with Gasteiger partial charge in [-0.15, -0.1) is 0 Å². The molecule has 0 aromatic heterocycles. The molecule has 35 heavy (non-hydrogen) atoms. The maximum absolute atomic E-state index is 12.1. The first-order chi connectivity index (χ1) is 17.2. The van der Waals surface area contributed by atoms with Crippen molar-refractivity contribution in [3.63, 3.8) is 0 Å². The molecule has 3 aromatic rings. The summed E-state index contributed by atoms with van der Waals surface area (Å²) < 4.78 is 22.5. The normalized spacial score (nSPS) is 13.3. The Labute approximate surface area is 207 Å². The molecule has 0 bridgehead atoms. The van der Waals surface area contributed by atoms with Gasteiger partial charge in [0.05, 0.1) is 6.61 Å². The lowest BCUT2D eigenvalue weighted by molar-refractivity contribution is -0.156. The van der Waals surface area contributed by atoms with E-state index in [1.165, 1.54) is 5.56 Å². The van der Waals surface area contributed by atoms with E-state index in [1.54, 1.807) is 6.92 Å². The molecule has 0 fully saturated rings.